The Balaban J connectivity index is 1.87. The number of carbonyl (C=O) groups excluding carboxylic acids is 2. The molecule has 1 N–H and O–H groups in total. The van der Waals surface area contributed by atoms with Crippen LogP contribution in [0.2, 0.25) is 5.02 Å². The van der Waals surface area contributed by atoms with E-state index in [1.165, 1.54) is 4.90 Å². The van der Waals surface area contributed by atoms with Crippen molar-refractivity contribution in [3.05, 3.63) is 29.3 Å². The Morgan fingerprint density at radius 2 is 2.04 bits per heavy atom. The second kappa shape index (κ2) is 7.98. The van der Waals surface area contributed by atoms with E-state index in [-0.39, 0.29) is 29.3 Å². The lowest BCUT2D eigenvalue weighted by Gasteiger charge is -2.10. The summed E-state index contributed by atoms with van der Waals surface area (Å²) in [5, 5.41) is 11.1. The van der Waals surface area contributed by atoms with Gasteiger partial charge in [-0.3, -0.25) is 9.59 Å². The van der Waals surface area contributed by atoms with Gasteiger partial charge in [0, 0.05) is 14.1 Å². The van der Waals surface area contributed by atoms with Gasteiger partial charge in [-0.15, -0.1) is 10.2 Å². The molecule has 0 radical (unpaired) electrons. The lowest BCUT2D eigenvalue weighted by molar-refractivity contribution is -0.130. The third kappa shape index (κ3) is 4.97. The Hall–Kier alpha value is -2.06. The zero-order valence-corrected chi connectivity index (χ0v) is 14.1. The maximum atomic E-state index is 11.7. The van der Waals surface area contributed by atoms with Gasteiger partial charge in [-0.2, -0.15) is 0 Å². The van der Waals surface area contributed by atoms with Gasteiger partial charge in [0.05, 0.1) is 22.9 Å². The molecule has 1 aromatic carbocycles. The van der Waals surface area contributed by atoms with Crippen molar-refractivity contribution in [2.45, 2.75) is 5.22 Å². The molecule has 122 valence electrons. The molecule has 9 heteroatoms. The number of thioether (sulfide) groups is 1. The SMILES string of the molecule is CN(C)C(=O)CNC(=O)CSc1nnc(-c2ccccc2Cl)o1. The molecule has 2 amide bonds. The molecule has 0 bridgehead atoms. The summed E-state index contributed by atoms with van der Waals surface area (Å²) in [7, 11) is 3.25. The summed E-state index contributed by atoms with van der Waals surface area (Å²) in [5.41, 5.74) is 0.634. The number of benzene rings is 1. The number of amides is 2. The van der Waals surface area contributed by atoms with E-state index in [2.05, 4.69) is 15.5 Å². The van der Waals surface area contributed by atoms with Gasteiger partial charge in [-0.1, -0.05) is 35.5 Å². The average Bonchev–Trinajstić information content (AvgIpc) is 2.99. The first-order valence-electron chi connectivity index (χ1n) is 6.65. The van der Waals surface area contributed by atoms with Crippen LogP contribution >= 0.6 is 23.4 Å². The van der Waals surface area contributed by atoms with Crippen molar-refractivity contribution in [1.82, 2.24) is 20.4 Å². The fourth-order valence-corrected chi connectivity index (χ4v) is 2.33. The summed E-state index contributed by atoms with van der Waals surface area (Å²) in [6.07, 6.45) is 0. The van der Waals surface area contributed by atoms with Gasteiger partial charge in [0.15, 0.2) is 0 Å². The molecule has 0 aliphatic carbocycles. The molecule has 0 atom stereocenters. The van der Waals surface area contributed by atoms with Crippen LogP contribution in [-0.4, -0.2) is 53.3 Å². The molecule has 1 aromatic heterocycles. The molecular weight excluding hydrogens is 340 g/mol. The van der Waals surface area contributed by atoms with Crippen LogP contribution in [0.15, 0.2) is 33.9 Å². The van der Waals surface area contributed by atoms with Crippen molar-refractivity contribution in [3.63, 3.8) is 0 Å². The summed E-state index contributed by atoms with van der Waals surface area (Å²) in [6, 6.07) is 7.11. The van der Waals surface area contributed by atoms with Crippen LogP contribution in [0.5, 0.6) is 0 Å². The Kier molecular flexibility index (Phi) is 6.00. The second-order valence-electron chi connectivity index (χ2n) is 4.71. The number of halogens is 1. The van der Waals surface area contributed by atoms with E-state index in [1.54, 1.807) is 32.3 Å². The van der Waals surface area contributed by atoms with Crippen molar-refractivity contribution in [2.75, 3.05) is 26.4 Å². The van der Waals surface area contributed by atoms with E-state index in [0.717, 1.165) is 11.8 Å². The highest BCUT2D eigenvalue weighted by atomic mass is 35.5. The number of hydrogen-bond donors (Lipinski definition) is 1. The molecule has 0 aliphatic heterocycles. The summed E-state index contributed by atoms with van der Waals surface area (Å²) >= 11 is 7.15. The fourth-order valence-electron chi connectivity index (χ4n) is 1.52. The van der Waals surface area contributed by atoms with Crippen LogP contribution in [0.25, 0.3) is 11.5 Å². The first kappa shape index (κ1) is 17.3. The molecule has 0 saturated heterocycles. The van der Waals surface area contributed by atoms with Gasteiger partial charge in [0.1, 0.15) is 0 Å². The Morgan fingerprint density at radius 1 is 1.30 bits per heavy atom. The maximum absolute atomic E-state index is 11.7. The normalized spacial score (nSPS) is 10.4. The van der Waals surface area contributed by atoms with Crippen molar-refractivity contribution in [1.29, 1.82) is 0 Å². The largest absolute Gasteiger partial charge is 0.411 e. The van der Waals surface area contributed by atoms with Crippen molar-refractivity contribution in [2.24, 2.45) is 0 Å². The van der Waals surface area contributed by atoms with E-state index < -0.39 is 0 Å². The number of nitrogens with zero attached hydrogens (tertiary/aromatic N) is 3. The maximum Gasteiger partial charge on any atom is 0.277 e. The monoisotopic (exact) mass is 354 g/mol. The minimum atomic E-state index is -0.289. The Labute approximate surface area is 142 Å². The van der Waals surface area contributed by atoms with Crippen molar-refractivity contribution < 1.29 is 14.0 Å². The van der Waals surface area contributed by atoms with Crippen LogP contribution in [-0.2, 0) is 9.59 Å². The first-order valence-corrected chi connectivity index (χ1v) is 8.02. The molecule has 2 rings (SSSR count). The zero-order chi connectivity index (χ0) is 16.8. The van der Waals surface area contributed by atoms with Gasteiger partial charge in [-0.05, 0) is 12.1 Å². The molecule has 0 spiro atoms. The van der Waals surface area contributed by atoms with E-state index in [0.29, 0.717) is 16.5 Å². The summed E-state index contributed by atoms with van der Waals surface area (Å²) in [4.78, 5) is 24.4. The Morgan fingerprint density at radius 3 is 2.74 bits per heavy atom. The number of aromatic nitrogens is 2. The highest BCUT2D eigenvalue weighted by Crippen LogP contribution is 2.28. The topological polar surface area (TPSA) is 88.3 Å². The molecule has 0 aliphatic rings. The summed E-state index contributed by atoms with van der Waals surface area (Å²) < 4.78 is 5.47. The number of carbonyl (C=O) groups is 2. The highest BCUT2D eigenvalue weighted by molar-refractivity contribution is 7.99. The van der Waals surface area contributed by atoms with E-state index >= 15 is 0 Å². The van der Waals surface area contributed by atoms with Gasteiger partial charge in [0.25, 0.3) is 5.22 Å². The zero-order valence-electron chi connectivity index (χ0n) is 12.6. The predicted molar refractivity (Wildman–Crippen MR) is 87.2 cm³/mol. The number of nitrogens with one attached hydrogen (secondary N) is 1. The molecule has 7 nitrogen and oxygen atoms in total. The summed E-state index contributed by atoms with van der Waals surface area (Å²) in [6.45, 7) is -0.0406. The molecule has 1 heterocycles. The molecule has 0 fully saturated rings. The first-order chi connectivity index (χ1) is 11.0. The lowest BCUT2D eigenvalue weighted by Crippen LogP contribution is -2.36. The minimum absolute atomic E-state index is 0.0406. The second-order valence-corrected chi connectivity index (χ2v) is 6.04. The standard InChI is InChI=1S/C14H15ClN4O3S/c1-19(2)12(21)7-16-11(20)8-23-14-18-17-13(22-14)9-5-3-4-6-10(9)15/h3-6H,7-8H2,1-2H3,(H,16,20). The van der Waals surface area contributed by atoms with E-state index in [4.69, 9.17) is 16.0 Å². The van der Waals surface area contributed by atoms with Gasteiger partial charge in [0.2, 0.25) is 17.7 Å². The minimum Gasteiger partial charge on any atom is -0.411 e. The lowest BCUT2D eigenvalue weighted by atomic mass is 10.2. The van der Waals surface area contributed by atoms with Crippen LogP contribution in [0.3, 0.4) is 0 Å². The third-order valence-electron chi connectivity index (χ3n) is 2.77. The quantitative estimate of drug-likeness (QED) is 0.794. The van der Waals surface area contributed by atoms with Crippen molar-refractivity contribution >= 4 is 35.2 Å². The van der Waals surface area contributed by atoms with Gasteiger partial charge < -0.3 is 14.6 Å². The predicted octanol–water partition coefficient (Wildman–Crippen LogP) is 1.69. The van der Waals surface area contributed by atoms with Crippen molar-refractivity contribution in [3.8, 4) is 11.5 Å². The smallest absolute Gasteiger partial charge is 0.277 e. The van der Waals surface area contributed by atoms with E-state index in [9.17, 15) is 9.59 Å². The highest BCUT2D eigenvalue weighted by Gasteiger charge is 2.13. The third-order valence-corrected chi connectivity index (χ3v) is 3.92. The fraction of sp³-hybridized carbons (Fsp3) is 0.286. The molecule has 0 unspecified atom stereocenters. The van der Waals surface area contributed by atoms with Crippen LogP contribution in [0.4, 0.5) is 0 Å². The van der Waals surface area contributed by atoms with Crippen LogP contribution in [0.1, 0.15) is 0 Å². The van der Waals surface area contributed by atoms with Crippen LogP contribution in [0, 0.1) is 0 Å². The average molecular weight is 355 g/mol. The van der Waals surface area contributed by atoms with Gasteiger partial charge in [-0.25, -0.2) is 0 Å². The molecule has 2 aromatic rings. The molecule has 0 saturated carbocycles. The summed E-state index contributed by atoms with van der Waals surface area (Å²) in [5.74, 6) is -0.101. The molecular formula is C14H15ClN4O3S. The number of likely N-dealkylation sites (N-methyl/N-ethyl adjacent to an activating group) is 1. The number of hydrogen-bond acceptors (Lipinski definition) is 6. The van der Waals surface area contributed by atoms with Crippen LogP contribution < -0.4 is 5.32 Å². The molecule has 23 heavy (non-hydrogen) atoms. The van der Waals surface area contributed by atoms with E-state index in [1.807, 2.05) is 6.07 Å². The van der Waals surface area contributed by atoms with Gasteiger partial charge >= 0.3 is 0 Å². The number of rotatable bonds is 6. The Bertz CT molecular complexity index is 705.